The molecule has 24 heavy (non-hydrogen) atoms. The quantitative estimate of drug-likeness (QED) is 0.690. The Hall–Kier alpha value is -2.88. The number of aromatic carboxylic acids is 1. The molecule has 0 saturated carbocycles. The molecular weight excluding hydrogens is 302 g/mol. The van der Waals surface area contributed by atoms with E-state index in [1.165, 1.54) is 18.4 Å². The number of carbonyl (C=O) groups is 1. The molecule has 0 aliphatic carbocycles. The van der Waals surface area contributed by atoms with Crippen LogP contribution in [0.25, 0.3) is 22.6 Å². The number of aromatic nitrogens is 1. The predicted molar refractivity (Wildman–Crippen MR) is 92.9 cm³/mol. The van der Waals surface area contributed by atoms with Crippen molar-refractivity contribution in [1.29, 1.82) is 0 Å². The first kappa shape index (κ1) is 16.0. The van der Waals surface area contributed by atoms with Crippen LogP contribution in [0.5, 0.6) is 0 Å². The van der Waals surface area contributed by atoms with Gasteiger partial charge in [0.2, 0.25) is 0 Å². The van der Waals surface area contributed by atoms with Crippen molar-refractivity contribution in [1.82, 2.24) is 5.16 Å². The van der Waals surface area contributed by atoms with Crippen LogP contribution in [-0.4, -0.2) is 16.2 Å². The van der Waals surface area contributed by atoms with Gasteiger partial charge in [0.1, 0.15) is 5.69 Å². The summed E-state index contributed by atoms with van der Waals surface area (Å²) < 4.78 is 5.44. The van der Waals surface area contributed by atoms with Gasteiger partial charge >= 0.3 is 5.97 Å². The Kier molecular flexibility index (Phi) is 4.75. The number of hydrogen-bond acceptors (Lipinski definition) is 3. The summed E-state index contributed by atoms with van der Waals surface area (Å²) >= 11 is 0. The van der Waals surface area contributed by atoms with Crippen molar-refractivity contribution >= 4 is 5.97 Å². The molecule has 0 bridgehead atoms. The van der Waals surface area contributed by atoms with E-state index in [4.69, 9.17) is 9.63 Å². The van der Waals surface area contributed by atoms with Crippen molar-refractivity contribution in [3.8, 4) is 22.6 Å². The topological polar surface area (TPSA) is 63.3 Å². The number of carboxylic acid groups (broad SMARTS) is 1. The molecule has 1 heterocycles. The molecule has 4 heteroatoms. The van der Waals surface area contributed by atoms with Crippen molar-refractivity contribution in [2.75, 3.05) is 0 Å². The lowest BCUT2D eigenvalue weighted by Gasteiger charge is -2.00. The SMILES string of the molecule is CCCCc1ccc(-c2cc(-c3ccc(C(=O)O)cc3)no2)cc1. The minimum atomic E-state index is -0.939. The Bertz CT molecular complexity index is 817. The maximum Gasteiger partial charge on any atom is 0.335 e. The molecule has 0 aliphatic heterocycles. The molecular formula is C20H19NO3. The van der Waals surface area contributed by atoms with Gasteiger partial charge in [-0.2, -0.15) is 0 Å². The van der Waals surface area contributed by atoms with Gasteiger partial charge in [0.25, 0.3) is 0 Å². The third-order valence-corrected chi connectivity index (χ3v) is 4.00. The van der Waals surface area contributed by atoms with Crippen molar-refractivity contribution in [2.24, 2.45) is 0 Å². The van der Waals surface area contributed by atoms with Crippen LogP contribution in [0.3, 0.4) is 0 Å². The van der Waals surface area contributed by atoms with Gasteiger partial charge in [-0.1, -0.05) is 54.9 Å². The first-order valence-corrected chi connectivity index (χ1v) is 8.07. The minimum absolute atomic E-state index is 0.255. The Morgan fingerprint density at radius 3 is 2.33 bits per heavy atom. The lowest BCUT2D eigenvalue weighted by Crippen LogP contribution is -1.94. The molecule has 3 rings (SSSR count). The normalized spacial score (nSPS) is 10.7. The van der Waals surface area contributed by atoms with E-state index in [0.717, 1.165) is 17.5 Å². The summed E-state index contributed by atoms with van der Waals surface area (Å²) in [4.78, 5) is 10.9. The monoisotopic (exact) mass is 321 g/mol. The zero-order chi connectivity index (χ0) is 16.9. The van der Waals surface area contributed by atoms with E-state index in [-0.39, 0.29) is 5.56 Å². The molecule has 122 valence electrons. The summed E-state index contributed by atoms with van der Waals surface area (Å²) in [5, 5.41) is 13.0. The number of carboxylic acids is 1. The number of benzene rings is 2. The lowest BCUT2D eigenvalue weighted by molar-refractivity contribution is 0.0697. The van der Waals surface area contributed by atoms with E-state index in [2.05, 4.69) is 24.2 Å². The molecule has 2 aromatic carbocycles. The van der Waals surface area contributed by atoms with Crippen LogP contribution < -0.4 is 0 Å². The van der Waals surface area contributed by atoms with E-state index in [1.807, 2.05) is 18.2 Å². The van der Waals surface area contributed by atoms with Gasteiger partial charge in [-0.15, -0.1) is 0 Å². The maximum atomic E-state index is 10.9. The number of hydrogen-bond donors (Lipinski definition) is 1. The Balaban J connectivity index is 1.78. The van der Waals surface area contributed by atoms with Crippen molar-refractivity contribution in [2.45, 2.75) is 26.2 Å². The summed E-state index contributed by atoms with van der Waals surface area (Å²) in [7, 11) is 0. The third kappa shape index (κ3) is 3.54. The van der Waals surface area contributed by atoms with E-state index in [9.17, 15) is 4.79 Å². The number of rotatable bonds is 6. The fourth-order valence-electron chi connectivity index (χ4n) is 2.55. The van der Waals surface area contributed by atoms with Crippen LogP contribution in [0.2, 0.25) is 0 Å². The van der Waals surface area contributed by atoms with Gasteiger partial charge in [-0.05, 0) is 30.5 Å². The summed E-state index contributed by atoms with van der Waals surface area (Å²) in [6, 6.07) is 16.8. The van der Waals surface area contributed by atoms with Crippen LogP contribution in [0, 0.1) is 0 Å². The molecule has 0 amide bonds. The molecule has 4 nitrogen and oxygen atoms in total. The molecule has 0 fully saturated rings. The summed E-state index contributed by atoms with van der Waals surface area (Å²) in [5.41, 5.74) is 4.08. The van der Waals surface area contributed by atoms with Crippen LogP contribution >= 0.6 is 0 Å². The number of unbranched alkanes of at least 4 members (excludes halogenated alkanes) is 1. The molecule has 0 atom stereocenters. The Morgan fingerprint density at radius 2 is 1.71 bits per heavy atom. The van der Waals surface area contributed by atoms with Gasteiger partial charge in [0.05, 0.1) is 5.56 Å². The largest absolute Gasteiger partial charge is 0.478 e. The van der Waals surface area contributed by atoms with Crippen LogP contribution in [-0.2, 0) is 6.42 Å². The zero-order valence-corrected chi connectivity index (χ0v) is 13.5. The van der Waals surface area contributed by atoms with Crippen molar-refractivity contribution in [3.63, 3.8) is 0 Å². The first-order valence-electron chi connectivity index (χ1n) is 8.07. The second kappa shape index (κ2) is 7.13. The second-order valence-corrected chi connectivity index (χ2v) is 5.76. The molecule has 3 aromatic rings. The van der Waals surface area contributed by atoms with E-state index in [1.54, 1.807) is 24.3 Å². The fourth-order valence-corrected chi connectivity index (χ4v) is 2.55. The molecule has 0 radical (unpaired) electrons. The molecule has 0 unspecified atom stereocenters. The van der Waals surface area contributed by atoms with E-state index >= 15 is 0 Å². The standard InChI is InChI=1S/C20H19NO3/c1-2-3-4-14-5-7-16(8-6-14)19-13-18(21-24-19)15-9-11-17(12-10-15)20(22)23/h5-13H,2-4H2,1H3,(H,22,23). The highest BCUT2D eigenvalue weighted by Crippen LogP contribution is 2.26. The third-order valence-electron chi connectivity index (χ3n) is 4.00. The van der Waals surface area contributed by atoms with Gasteiger partial charge < -0.3 is 9.63 Å². The molecule has 1 N–H and O–H groups in total. The lowest BCUT2D eigenvalue weighted by atomic mass is 10.0. The van der Waals surface area contributed by atoms with Gasteiger partial charge in [-0.25, -0.2) is 4.79 Å². The predicted octanol–water partition coefficient (Wildman–Crippen LogP) is 5.05. The van der Waals surface area contributed by atoms with Gasteiger partial charge in [0.15, 0.2) is 5.76 Å². The van der Waals surface area contributed by atoms with E-state index in [0.29, 0.717) is 11.5 Å². The number of aryl methyl sites for hydroxylation is 1. The zero-order valence-electron chi connectivity index (χ0n) is 13.5. The smallest absolute Gasteiger partial charge is 0.335 e. The maximum absolute atomic E-state index is 10.9. The number of nitrogens with zero attached hydrogens (tertiary/aromatic N) is 1. The average Bonchev–Trinajstić information content (AvgIpc) is 3.10. The summed E-state index contributed by atoms with van der Waals surface area (Å²) in [6.07, 6.45) is 3.47. The fraction of sp³-hybridized carbons (Fsp3) is 0.200. The summed E-state index contributed by atoms with van der Waals surface area (Å²) in [6.45, 7) is 2.19. The van der Waals surface area contributed by atoms with Crippen molar-refractivity contribution < 1.29 is 14.4 Å². The Morgan fingerprint density at radius 1 is 1.04 bits per heavy atom. The molecule has 0 saturated heterocycles. The highest BCUT2D eigenvalue weighted by molar-refractivity contribution is 5.88. The van der Waals surface area contributed by atoms with Gasteiger partial charge in [-0.3, -0.25) is 0 Å². The van der Waals surface area contributed by atoms with Crippen LogP contribution in [0.1, 0.15) is 35.7 Å². The van der Waals surface area contributed by atoms with Crippen LogP contribution in [0.15, 0.2) is 59.1 Å². The van der Waals surface area contributed by atoms with Gasteiger partial charge in [0, 0.05) is 17.2 Å². The molecule has 0 spiro atoms. The molecule has 1 aromatic heterocycles. The Labute approximate surface area is 140 Å². The van der Waals surface area contributed by atoms with Crippen LogP contribution in [0.4, 0.5) is 0 Å². The first-order chi connectivity index (χ1) is 11.7. The highest BCUT2D eigenvalue weighted by Gasteiger charge is 2.10. The summed E-state index contributed by atoms with van der Waals surface area (Å²) in [5.74, 6) is -0.236. The minimum Gasteiger partial charge on any atom is -0.478 e. The second-order valence-electron chi connectivity index (χ2n) is 5.76. The molecule has 0 aliphatic rings. The highest BCUT2D eigenvalue weighted by atomic mass is 16.5. The average molecular weight is 321 g/mol. The van der Waals surface area contributed by atoms with Crippen molar-refractivity contribution in [3.05, 3.63) is 65.7 Å². The van der Waals surface area contributed by atoms with E-state index < -0.39 is 5.97 Å².